The zero-order valence-corrected chi connectivity index (χ0v) is 10.5. The summed E-state index contributed by atoms with van der Waals surface area (Å²) in [7, 11) is 3.56. The van der Waals surface area contributed by atoms with Gasteiger partial charge in [-0.05, 0) is 7.05 Å². The Hall–Kier alpha value is -1.36. The van der Waals surface area contributed by atoms with E-state index in [2.05, 4.69) is 31.2 Å². The predicted molar refractivity (Wildman–Crippen MR) is 62.9 cm³/mol. The molecule has 90 valence electrons. The number of aryl methyl sites for hydroxylation is 1. The molecule has 0 saturated carbocycles. The van der Waals surface area contributed by atoms with Gasteiger partial charge in [-0.25, -0.2) is 0 Å². The van der Waals surface area contributed by atoms with Crippen LogP contribution in [0.4, 0.5) is 0 Å². The Labute approximate surface area is 96.0 Å². The third kappa shape index (κ3) is 2.41. The van der Waals surface area contributed by atoms with E-state index in [4.69, 9.17) is 5.73 Å². The number of hydrogen-bond donors (Lipinski definition) is 2. The quantitative estimate of drug-likeness (QED) is 0.783. The molecule has 1 heterocycles. The molecular weight excluding hydrogens is 204 g/mol. The Bertz CT molecular complexity index is 389. The fourth-order valence-corrected chi connectivity index (χ4v) is 1.75. The molecule has 1 aromatic heterocycles. The lowest BCUT2D eigenvalue weighted by Crippen LogP contribution is -2.32. The molecule has 16 heavy (non-hydrogen) atoms. The summed E-state index contributed by atoms with van der Waals surface area (Å²) in [6, 6.07) is -0.483. The van der Waals surface area contributed by atoms with Crippen molar-refractivity contribution in [3.63, 3.8) is 0 Å². The van der Waals surface area contributed by atoms with E-state index in [9.17, 15) is 4.79 Å². The summed E-state index contributed by atoms with van der Waals surface area (Å²) in [6.45, 7) is 6.19. The highest BCUT2D eigenvalue weighted by Crippen LogP contribution is 2.28. The Morgan fingerprint density at radius 2 is 2.12 bits per heavy atom. The molecule has 0 saturated heterocycles. The molecule has 0 fully saturated rings. The molecule has 3 N–H and O–H groups in total. The summed E-state index contributed by atoms with van der Waals surface area (Å²) in [5, 5.41) is 7.32. The first kappa shape index (κ1) is 12.7. The van der Waals surface area contributed by atoms with E-state index in [0.717, 1.165) is 11.3 Å². The Morgan fingerprint density at radius 3 is 2.50 bits per heavy atom. The second-order valence-electron chi connectivity index (χ2n) is 4.98. The van der Waals surface area contributed by atoms with Gasteiger partial charge in [0.25, 0.3) is 0 Å². The second kappa shape index (κ2) is 4.25. The van der Waals surface area contributed by atoms with Gasteiger partial charge < -0.3 is 11.1 Å². The van der Waals surface area contributed by atoms with Crippen LogP contribution in [0.25, 0.3) is 0 Å². The standard InChI is InChI=1S/C11H20N4O/c1-11(2,3)9-7(6-15(5)14-9)8(13-4)10(12)16/h6,8,13H,1-5H3,(H2,12,16). The van der Waals surface area contributed by atoms with Crippen LogP contribution in [0.15, 0.2) is 6.20 Å². The van der Waals surface area contributed by atoms with Crippen molar-refractivity contribution in [2.24, 2.45) is 12.8 Å². The van der Waals surface area contributed by atoms with Gasteiger partial charge in [-0.15, -0.1) is 0 Å². The van der Waals surface area contributed by atoms with Crippen LogP contribution in [0.2, 0.25) is 0 Å². The van der Waals surface area contributed by atoms with E-state index in [0.29, 0.717) is 0 Å². The van der Waals surface area contributed by atoms with E-state index < -0.39 is 6.04 Å². The van der Waals surface area contributed by atoms with Crippen molar-refractivity contribution in [2.45, 2.75) is 32.2 Å². The number of nitrogens with one attached hydrogen (secondary N) is 1. The van der Waals surface area contributed by atoms with Gasteiger partial charge in [0.2, 0.25) is 5.91 Å². The van der Waals surface area contributed by atoms with Crippen molar-refractivity contribution in [3.05, 3.63) is 17.5 Å². The summed E-state index contributed by atoms with van der Waals surface area (Å²) in [4.78, 5) is 11.3. The Kier molecular flexibility index (Phi) is 3.38. The van der Waals surface area contributed by atoms with Crippen molar-refractivity contribution in [2.75, 3.05) is 7.05 Å². The number of carbonyl (C=O) groups excluding carboxylic acids is 1. The largest absolute Gasteiger partial charge is 0.368 e. The van der Waals surface area contributed by atoms with Crippen molar-refractivity contribution in [3.8, 4) is 0 Å². The van der Waals surface area contributed by atoms with Gasteiger partial charge in [-0.3, -0.25) is 9.48 Å². The van der Waals surface area contributed by atoms with Gasteiger partial charge in [0.15, 0.2) is 0 Å². The van der Waals surface area contributed by atoms with Crippen molar-refractivity contribution in [1.82, 2.24) is 15.1 Å². The lowest BCUT2D eigenvalue weighted by molar-refractivity contribution is -0.120. The predicted octanol–water partition coefficient (Wildman–Crippen LogP) is 0.463. The van der Waals surface area contributed by atoms with Gasteiger partial charge >= 0.3 is 0 Å². The fourth-order valence-electron chi connectivity index (χ4n) is 1.75. The van der Waals surface area contributed by atoms with E-state index in [1.165, 1.54) is 0 Å². The lowest BCUT2D eigenvalue weighted by atomic mass is 9.87. The first-order chi connectivity index (χ1) is 7.27. The molecule has 0 spiro atoms. The number of carbonyl (C=O) groups is 1. The van der Waals surface area contributed by atoms with E-state index in [-0.39, 0.29) is 11.3 Å². The molecule has 1 rings (SSSR count). The maximum atomic E-state index is 11.3. The van der Waals surface area contributed by atoms with E-state index >= 15 is 0 Å². The average molecular weight is 224 g/mol. The van der Waals surface area contributed by atoms with Crippen LogP contribution in [0.3, 0.4) is 0 Å². The molecule has 1 atom stereocenters. The highest BCUT2D eigenvalue weighted by Gasteiger charge is 2.28. The van der Waals surface area contributed by atoms with Crippen LogP contribution >= 0.6 is 0 Å². The summed E-state index contributed by atoms with van der Waals surface area (Å²) < 4.78 is 1.71. The number of nitrogens with zero attached hydrogens (tertiary/aromatic N) is 2. The minimum absolute atomic E-state index is 0.110. The number of rotatable bonds is 3. The highest BCUT2D eigenvalue weighted by atomic mass is 16.1. The normalized spacial score (nSPS) is 13.8. The average Bonchev–Trinajstić information content (AvgIpc) is 2.47. The van der Waals surface area contributed by atoms with Gasteiger partial charge in [0, 0.05) is 24.2 Å². The number of hydrogen-bond acceptors (Lipinski definition) is 3. The minimum Gasteiger partial charge on any atom is -0.368 e. The molecule has 0 aliphatic carbocycles. The number of likely N-dealkylation sites (N-methyl/N-ethyl adjacent to an activating group) is 1. The molecule has 0 aliphatic rings. The van der Waals surface area contributed by atoms with Crippen molar-refractivity contribution in [1.29, 1.82) is 0 Å². The first-order valence-electron chi connectivity index (χ1n) is 5.28. The number of nitrogens with two attached hydrogens (primary N) is 1. The smallest absolute Gasteiger partial charge is 0.239 e. The van der Waals surface area contributed by atoms with Crippen LogP contribution in [0, 0.1) is 0 Å². The minimum atomic E-state index is -0.483. The van der Waals surface area contributed by atoms with Crippen LogP contribution in [-0.2, 0) is 17.3 Å². The first-order valence-corrected chi connectivity index (χ1v) is 5.28. The van der Waals surface area contributed by atoms with Crippen LogP contribution in [0.5, 0.6) is 0 Å². The van der Waals surface area contributed by atoms with Gasteiger partial charge in [0.05, 0.1) is 5.69 Å². The monoisotopic (exact) mass is 224 g/mol. The third-order valence-electron chi connectivity index (χ3n) is 2.45. The number of aromatic nitrogens is 2. The van der Waals surface area contributed by atoms with Gasteiger partial charge in [-0.2, -0.15) is 5.10 Å². The van der Waals surface area contributed by atoms with Gasteiger partial charge in [0.1, 0.15) is 6.04 Å². The molecule has 0 aliphatic heterocycles. The number of amides is 1. The second-order valence-corrected chi connectivity index (χ2v) is 4.98. The van der Waals surface area contributed by atoms with Crippen LogP contribution in [0.1, 0.15) is 38.1 Å². The zero-order chi connectivity index (χ0) is 12.5. The zero-order valence-electron chi connectivity index (χ0n) is 10.5. The molecule has 1 unspecified atom stereocenters. The molecule has 5 nitrogen and oxygen atoms in total. The van der Waals surface area contributed by atoms with Crippen molar-refractivity contribution >= 4 is 5.91 Å². The Morgan fingerprint density at radius 1 is 1.56 bits per heavy atom. The molecule has 0 bridgehead atoms. The lowest BCUT2D eigenvalue weighted by Gasteiger charge is -2.20. The van der Waals surface area contributed by atoms with Gasteiger partial charge in [-0.1, -0.05) is 20.8 Å². The molecule has 0 aromatic carbocycles. The molecule has 5 heteroatoms. The van der Waals surface area contributed by atoms with Crippen LogP contribution in [-0.4, -0.2) is 22.7 Å². The molecule has 1 amide bonds. The topological polar surface area (TPSA) is 72.9 Å². The summed E-state index contributed by atoms with van der Waals surface area (Å²) >= 11 is 0. The SMILES string of the molecule is CNC(C(N)=O)c1cn(C)nc1C(C)(C)C. The summed E-state index contributed by atoms with van der Waals surface area (Å²) in [5.74, 6) is -0.388. The van der Waals surface area contributed by atoms with E-state index in [1.807, 2.05) is 13.2 Å². The van der Waals surface area contributed by atoms with E-state index in [1.54, 1.807) is 11.7 Å². The molecular formula is C11H20N4O. The summed E-state index contributed by atoms with van der Waals surface area (Å²) in [5.41, 5.74) is 7.00. The molecule has 0 radical (unpaired) electrons. The number of primary amides is 1. The highest BCUT2D eigenvalue weighted by molar-refractivity contribution is 5.81. The van der Waals surface area contributed by atoms with Crippen molar-refractivity contribution < 1.29 is 4.79 Å². The maximum Gasteiger partial charge on any atom is 0.239 e. The molecule has 1 aromatic rings. The third-order valence-corrected chi connectivity index (χ3v) is 2.45. The fraction of sp³-hybridized carbons (Fsp3) is 0.636. The summed E-state index contributed by atoms with van der Waals surface area (Å²) in [6.07, 6.45) is 1.84. The Balaban J connectivity index is 3.27. The van der Waals surface area contributed by atoms with Crippen LogP contribution < -0.4 is 11.1 Å². The maximum absolute atomic E-state index is 11.3.